The van der Waals surface area contributed by atoms with E-state index in [0.717, 1.165) is 48.6 Å². The summed E-state index contributed by atoms with van der Waals surface area (Å²) in [6.45, 7) is 4.88. The number of benzene rings is 1. The fourth-order valence-corrected chi connectivity index (χ4v) is 3.35. The van der Waals surface area contributed by atoms with Gasteiger partial charge in [-0.2, -0.15) is 0 Å². The van der Waals surface area contributed by atoms with E-state index in [-0.39, 0.29) is 0 Å². The Bertz CT molecular complexity index is 602. The Morgan fingerprint density at radius 3 is 2.43 bits per heavy atom. The van der Waals surface area contributed by atoms with Gasteiger partial charge < -0.3 is 10.2 Å². The van der Waals surface area contributed by atoms with Crippen molar-refractivity contribution in [2.75, 3.05) is 29.9 Å². The molecular weight excluding hydrogens is 328 g/mol. The molecule has 1 aliphatic rings. The Morgan fingerprint density at radius 2 is 1.81 bits per heavy atom. The summed E-state index contributed by atoms with van der Waals surface area (Å²) >= 11 is 3.65. The van der Waals surface area contributed by atoms with Gasteiger partial charge >= 0.3 is 0 Å². The maximum atomic E-state index is 4.48. The van der Waals surface area contributed by atoms with E-state index in [1.165, 1.54) is 11.1 Å². The Morgan fingerprint density at radius 1 is 1.14 bits per heavy atom. The lowest BCUT2D eigenvalue weighted by Gasteiger charge is -2.23. The Labute approximate surface area is 133 Å². The van der Waals surface area contributed by atoms with Crippen molar-refractivity contribution in [3.63, 3.8) is 0 Å². The second-order valence-electron chi connectivity index (χ2n) is 5.15. The third-order valence-electron chi connectivity index (χ3n) is 3.84. The smallest absolute Gasteiger partial charge is 0.148 e. The highest BCUT2D eigenvalue weighted by Gasteiger charge is 2.18. The van der Waals surface area contributed by atoms with Gasteiger partial charge in [-0.1, -0.05) is 24.3 Å². The maximum absolute atomic E-state index is 4.48. The van der Waals surface area contributed by atoms with Crippen molar-refractivity contribution < 1.29 is 0 Å². The van der Waals surface area contributed by atoms with Crippen LogP contribution >= 0.6 is 15.9 Å². The lowest BCUT2D eigenvalue weighted by molar-refractivity contribution is 0.785. The van der Waals surface area contributed by atoms with E-state index < -0.39 is 0 Å². The highest BCUT2D eigenvalue weighted by Crippen LogP contribution is 2.30. The van der Waals surface area contributed by atoms with Crippen LogP contribution in [0.4, 0.5) is 11.6 Å². The van der Waals surface area contributed by atoms with E-state index >= 15 is 0 Å². The van der Waals surface area contributed by atoms with Crippen molar-refractivity contribution in [1.82, 2.24) is 9.97 Å². The van der Waals surface area contributed by atoms with Crippen LogP contribution in [0.1, 0.15) is 18.1 Å². The summed E-state index contributed by atoms with van der Waals surface area (Å²) in [6.07, 6.45) is 3.75. The predicted octanol–water partition coefficient (Wildman–Crippen LogP) is 3.28. The van der Waals surface area contributed by atoms with E-state index in [4.69, 9.17) is 0 Å². The van der Waals surface area contributed by atoms with Gasteiger partial charge in [0.1, 0.15) is 22.4 Å². The fraction of sp³-hybridized carbons (Fsp3) is 0.375. The Balaban J connectivity index is 1.84. The highest BCUT2D eigenvalue weighted by atomic mass is 79.9. The van der Waals surface area contributed by atoms with Crippen LogP contribution < -0.4 is 10.2 Å². The van der Waals surface area contributed by atoms with Gasteiger partial charge in [-0.05, 0) is 46.8 Å². The Kier molecular flexibility index (Phi) is 4.39. The first-order chi connectivity index (χ1) is 10.3. The molecule has 4 nitrogen and oxygen atoms in total. The Hall–Kier alpha value is -1.62. The highest BCUT2D eigenvalue weighted by molar-refractivity contribution is 9.10. The molecule has 0 saturated carbocycles. The number of hydrogen-bond donors (Lipinski definition) is 1. The van der Waals surface area contributed by atoms with Gasteiger partial charge in [-0.3, -0.25) is 0 Å². The first-order valence-electron chi connectivity index (χ1n) is 7.35. The third-order valence-corrected chi connectivity index (χ3v) is 4.57. The molecule has 0 unspecified atom stereocenters. The zero-order valence-corrected chi connectivity index (χ0v) is 13.7. The molecule has 0 bridgehead atoms. The number of anilines is 2. The number of nitrogens with zero attached hydrogens (tertiary/aromatic N) is 3. The molecule has 1 aromatic carbocycles. The van der Waals surface area contributed by atoms with E-state index in [1.54, 1.807) is 6.33 Å². The molecule has 0 aliphatic carbocycles. The van der Waals surface area contributed by atoms with Crippen molar-refractivity contribution in [3.05, 3.63) is 46.2 Å². The number of rotatable bonds is 3. The average molecular weight is 347 g/mol. The molecule has 21 heavy (non-hydrogen) atoms. The van der Waals surface area contributed by atoms with Gasteiger partial charge in [0, 0.05) is 19.6 Å². The number of aromatic nitrogens is 2. The third kappa shape index (κ3) is 3.02. The molecule has 0 amide bonds. The summed E-state index contributed by atoms with van der Waals surface area (Å²) in [5.74, 6) is 1.85. The lowest BCUT2D eigenvalue weighted by atomic mass is 10.0. The lowest BCUT2D eigenvalue weighted by Crippen LogP contribution is -2.27. The van der Waals surface area contributed by atoms with Crippen molar-refractivity contribution in [2.24, 2.45) is 0 Å². The van der Waals surface area contributed by atoms with Gasteiger partial charge in [0.25, 0.3) is 0 Å². The standard InChI is InChI=1S/C16H19BrN4/c1-2-18-15-14(17)16(20-11-19-15)21-9-7-12-5-3-4-6-13(12)8-10-21/h3-6,11H,2,7-10H2,1H3,(H,18,19,20). The number of nitrogens with one attached hydrogen (secondary N) is 1. The molecular formula is C16H19BrN4. The van der Waals surface area contributed by atoms with Crippen LogP contribution in [0, 0.1) is 0 Å². The van der Waals surface area contributed by atoms with Crippen molar-refractivity contribution in [1.29, 1.82) is 0 Å². The molecule has 2 aromatic rings. The summed E-state index contributed by atoms with van der Waals surface area (Å²) in [6, 6.07) is 8.71. The first-order valence-corrected chi connectivity index (χ1v) is 8.15. The molecule has 0 spiro atoms. The fourth-order valence-electron chi connectivity index (χ4n) is 2.75. The average Bonchev–Trinajstić information content (AvgIpc) is 2.72. The molecule has 1 aliphatic heterocycles. The van der Waals surface area contributed by atoms with Gasteiger partial charge in [0.15, 0.2) is 0 Å². The summed E-state index contributed by atoms with van der Waals surface area (Å²) < 4.78 is 0.956. The minimum Gasteiger partial charge on any atom is -0.369 e. The second kappa shape index (κ2) is 6.43. The van der Waals surface area contributed by atoms with Crippen LogP contribution in [0.2, 0.25) is 0 Å². The van der Waals surface area contributed by atoms with Crippen molar-refractivity contribution in [3.8, 4) is 0 Å². The largest absolute Gasteiger partial charge is 0.369 e. The minimum absolute atomic E-state index is 0.848. The van der Waals surface area contributed by atoms with Gasteiger partial charge in [-0.15, -0.1) is 0 Å². The molecule has 110 valence electrons. The molecule has 0 radical (unpaired) electrons. The molecule has 3 rings (SSSR count). The first kappa shape index (κ1) is 14.3. The minimum atomic E-state index is 0.848. The van der Waals surface area contributed by atoms with Gasteiger partial charge in [-0.25, -0.2) is 9.97 Å². The zero-order chi connectivity index (χ0) is 14.7. The zero-order valence-electron chi connectivity index (χ0n) is 12.1. The quantitative estimate of drug-likeness (QED) is 0.925. The van der Waals surface area contributed by atoms with E-state index in [2.05, 4.69) is 67.3 Å². The topological polar surface area (TPSA) is 41.1 Å². The molecule has 5 heteroatoms. The molecule has 0 atom stereocenters. The molecule has 1 aromatic heterocycles. The second-order valence-corrected chi connectivity index (χ2v) is 5.94. The summed E-state index contributed by atoms with van der Waals surface area (Å²) in [7, 11) is 0. The summed E-state index contributed by atoms with van der Waals surface area (Å²) in [5, 5.41) is 3.26. The van der Waals surface area contributed by atoms with Crippen LogP contribution in [0.5, 0.6) is 0 Å². The van der Waals surface area contributed by atoms with Crippen LogP contribution in [0.25, 0.3) is 0 Å². The van der Waals surface area contributed by atoms with Crippen molar-refractivity contribution >= 4 is 27.6 Å². The summed E-state index contributed by atoms with van der Waals surface area (Å²) in [4.78, 5) is 11.1. The summed E-state index contributed by atoms with van der Waals surface area (Å²) in [5.41, 5.74) is 2.91. The SMILES string of the molecule is CCNc1ncnc(N2CCc3ccccc3CC2)c1Br. The van der Waals surface area contributed by atoms with Crippen molar-refractivity contribution in [2.45, 2.75) is 19.8 Å². The molecule has 2 heterocycles. The van der Waals surface area contributed by atoms with E-state index in [0.29, 0.717) is 0 Å². The van der Waals surface area contributed by atoms with Gasteiger partial charge in [0.05, 0.1) is 0 Å². The van der Waals surface area contributed by atoms with Gasteiger partial charge in [0.2, 0.25) is 0 Å². The molecule has 0 fully saturated rings. The van der Waals surface area contributed by atoms with E-state index in [1.807, 2.05) is 0 Å². The van der Waals surface area contributed by atoms with Crippen LogP contribution in [-0.2, 0) is 12.8 Å². The molecule has 0 saturated heterocycles. The number of halogens is 1. The normalized spacial score (nSPS) is 14.5. The maximum Gasteiger partial charge on any atom is 0.148 e. The number of fused-ring (bicyclic) bond motifs is 1. The molecule has 1 N–H and O–H groups in total. The van der Waals surface area contributed by atoms with Crippen LogP contribution in [0.15, 0.2) is 35.1 Å². The number of hydrogen-bond acceptors (Lipinski definition) is 4. The van der Waals surface area contributed by atoms with E-state index in [9.17, 15) is 0 Å². The predicted molar refractivity (Wildman–Crippen MR) is 90.0 cm³/mol. The van der Waals surface area contributed by atoms with Crippen LogP contribution in [-0.4, -0.2) is 29.6 Å². The van der Waals surface area contributed by atoms with Crippen LogP contribution in [0.3, 0.4) is 0 Å². The monoisotopic (exact) mass is 346 g/mol.